The first kappa shape index (κ1) is 15.6. The van der Waals surface area contributed by atoms with Crippen LogP contribution in [0.15, 0.2) is 65.6 Å². The molecule has 4 rings (SSSR count). The van der Waals surface area contributed by atoms with Crippen LogP contribution in [0.2, 0.25) is 5.02 Å². The van der Waals surface area contributed by atoms with Gasteiger partial charge in [-0.1, -0.05) is 48.0 Å². The topological polar surface area (TPSA) is 52.7 Å². The fourth-order valence-electron chi connectivity index (χ4n) is 2.85. The van der Waals surface area contributed by atoms with Crippen LogP contribution < -0.4 is 5.56 Å². The highest BCUT2D eigenvalue weighted by Crippen LogP contribution is 2.18. The number of para-hydroxylation sites is 1. The molecule has 0 radical (unpaired) electrons. The van der Waals surface area contributed by atoms with Crippen molar-refractivity contribution in [2.75, 3.05) is 0 Å². The SMILES string of the molecule is Cc1nc2c(cnn2-c2ccccc2)c(=O)n1Cc1ccccc1Cl. The minimum absolute atomic E-state index is 0.121. The fraction of sp³-hybridized carbons (Fsp3) is 0.105. The van der Waals surface area contributed by atoms with Crippen molar-refractivity contribution in [1.29, 1.82) is 0 Å². The van der Waals surface area contributed by atoms with Gasteiger partial charge in [0.05, 0.1) is 18.4 Å². The van der Waals surface area contributed by atoms with Gasteiger partial charge in [-0.25, -0.2) is 9.67 Å². The molecule has 2 heterocycles. The van der Waals surface area contributed by atoms with E-state index in [1.807, 2.05) is 61.5 Å². The molecule has 5 nitrogen and oxygen atoms in total. The summed E-state index contributed by atoms with van der Waals surface area (Å²) in [5.74, 6) is 0.620. The van der Waals surface area contributed by atoms with Gasteiger partial charge in [-0.2, -0.15) is 5.10 Å². The summed E-state index contributed by atoms with van der Waals surface area (Å²) in [6, 6.07) is 17.1. The lowest BCUT2D eigenvalue weighted by Gasteiger charge is -2.11. The number of halogens is 1. The molecule has 2 aromatic carbocycles. The Hall–Kier alpha value is -2.92. The van der Waals surface area contributed by atoms with Crippen LogP contribution >= 0.6 is 11.6 Å². The van der Waals surface area contributed by atoms with Crippen molar-refractivity contribution in [3.8, 4) is 5.69 Å². The van der Waals surface area contributed by atoms with Gasteiger partial charge in [0.25, 0.3) is 5.56 Å². The van der Waals surface area contributed by atoms with E-state index >= 15 is 0 Å². The third-order valence-corrected chi connectivity index (χ3v) is 4.53. The average molecular weight is 351 g/mol. The Balaban J connectivity index is 1.86. The summed E-state index contributed by atoms with van der Waals surface area (Å²) in [7, 11) is 0. The molecule has 4 aromatic rings. The van der Waals surface area contributed by atoms with Crippen LogP contribution in [0.3, 0.4) is 0 Å². The molecule has 0 N–H and O–H groups in total. The van der Waals surface area contributed by atoms with Crippen molar-refractivity contribution < 1.29 is 0 Å². The summed E-state index contributed by atoms with van der Waals surface area (Å²) < 4.78 is 3.31. The van der Waals surface area contributed by atoms with Crippen LogP contribution in [0, 0.1) is 6.92 Å². The summed E-state index contributed by atoms with van der Waals surface area (Å²) in [6.07, 6.45) is 1.57. The maximum atomic E-state index is 12.9. The molecule has 0 aliphatic carbocycles. The van der Waals surface area contributed by atoms with Crippen LogP contribution in [-0.4, -0.2) is 19.3 Å². The molecule has 25 heavy (non-hydrogen) atoms. The molecule has 0 saturated carbocycles. The maximum absolute atomic E-state index is 12.9. The molecular weight excluding hydrogens is 336 g/mol. The first-order valence-electron chi connectivity index (χ1n) is 7.89. The third kappa shape index (κ3) is 2.72. The van der Waals surface area contributed by atoms with Gasteiger partial charge in [-0.3, -0.25) is 9.36 Å². The molecule has 0 atom stereocenters. The summed E-state index contributed by atoms with van der Waals surface area (Å²) in [5.41, 5.74) is 2.19. The Labute approximate surface area is 149 Å². The molecule has 6 heteroatoms. The van der Waals surface area contributed by atoms with Crippen LogP contribution in [0.25, 0.3) is 16.7 Å². The molecule has 0 spiro atoms. The highest BCUT2D eigenvalue weighted by atomic mass is 35.5. The molecule has 0 unspecified atom stereocenters. The van der Waals surface area contributed by atoms with Crippen molar-refractivity contribution >= 4 is 22.6 Å². The van der Waals surface area contributed by atoms with Gasteiger partial charge in [-0.15, -0.1) is 0 Å². The van der Waals surface area contributed by atoms with Gasteiger partial charge in [-0.05, 0) is 30.7 Å². The van der Waals surface area contributed by atoms with E-state index in [0.29, 0.717) is 28.4 Å². The van der Waals surface area contributed by atoms with Gasteiger partial charge in [0.15, 0.2) is 5.65 Å². The first-order chi connectivity index (χ1) is 12.1. The van der Waals surface area contributed by atoms with E-state index in [4.69, 9.17) is 11.6 Å². The molecule has 2 aromatic heterocycles. The first-order valence-corrected chi connectivity index (χ1v) is 8.27. The molecule has 0 amide bonds. The standard InChI is InChI=1S/C19H15ClN4O/c1-13-22-18-16(11-21-24(18)15-8-3-2-4-9-15)19(25)23(13)12-14-7-5-6-10-17(14)20/h2-11H,12H2,1H3. The summed E-state index contributed by atoms with van der Waals surface area (Å²) in [6.45, 7) is 2.20. The Kier molecular flexibility index (Phi) is 3.86. The zero-order chi connectivity index (χ0) is 17.4. The molecule has 0 saturated heterocycles. The zero-order valence-electron chi connectivity index (χ0n) is 13.6. The smallest absolute Gasteiger partial charge is 0.264 e. The van der Waals surface area contributed by atoms with E-state index in [1.165, 1.54) is 0 Å². The number of rotatable bonds is 3. The lowest BCUT2D eigenvalue weighted by Crippen LogP contribution is -2.24. The van der Waals surface area contributed by atoms with Crippen LogP contribution in [-0.2, 0) is 6.54 Å². The van der Waals surface area contributed by atoms with Crippen molar-refractivity contribution in [2.45, 2.75) is 13.5 Å². The van der Waals surface area contributed by atoms with Gasteiger partial charge >= 0.3 is 0 Å². The van der Waals surface area contributed by atoms with Crippen molar-refractivity contribution in [3.63, 3.8) is 0 Å². The van der Waals surface area contributed by atoms with E-state index in [-0.39, 0.29) is 5.56 Å². The number of fused-ring (bicyclic) bond motifs is 1. The summed E-state index contributed by atoms with van der Waals surface area (Å²) in [4.78, 5) is 17.6. The van der Waals surface area contributed by atoms with Crippen molar-refractivity contribution in [3.05, 3.63) is 87.6 Å². The molecule has 0 aliphatic heterocycles. The minimum Gasteiger partial charge on any atom is -0.292 e. The van der Waals surface area contributed by atoms with E-state index in [2.05, 4.69) is 10.1 Å². The average Bonchev–Trinajstić information content (AvgIpc) is 3.04. The predicted molar refractivity (Wildman–Crippen MR) is 98.4 cm³/mol. The third-order valence-electron chi connectivity index (χ3n) is 4.16. The van der Waals surface area contributed by atoms with Crippen LogP contribution in [0.4, 0.5) is 0 Å². The second-order valence-corrected chi connectivity index (χ2v) is 6.18. The normalized spacial score (nSPS) is 11.1. The highest BCUT2D eigenvalue weighted by Gasteiger charge is 2.14. The Morgan fingerprint density at radius 2 is 1.76 bits per heavy atom. The minimum atomic E-state index is -0.121. The van der Waals surface area contributed by atoms with E-state index in [0.717, 1.165) is 11.3 Å². The number of benzene rings is 2. The zero-order valence-corrected chi connectivity index (χ0v) is 14.3. The van der Waals surface area contributed by atoms with E-state index in [1.54, 1.807) is 15.4 Å². The van der Waals surface area contributed by atoms with Crippen molar-refractivity contribution in [1.82, 2.24) is 19.3 Å². The van der Waals surface area contributed by atoms with Crippen LogP contribution in [0.5, 0.6) is 0 Å². The highest BCUT2D eigenvalue weighted by molar-refractivity contribution is 6.31. The number of hydrogen-bond acceptors (Lipinski definition) is 3. The van der Waals surface area contributed by atoms with Crippen LogP contribution in [0.1, 0.15) is 11.4 Å². The molecule has 0 fully saturated rings. The molecule has 0 bridgehead atoms. The van der Waals surface area contributed by atoms with E-state index < -0.39 is 0 Å². The number of hydrogen-bond donors (Lipinski definition) is 0. The molecule has 124 valence electrons. The number of aryl methyl sites for hydroxylation is 1. The Morgan fingerprint density at radius 1 is 1.04 bits per heavy atom. The largest absolute Gasteiger partial charge is 0.292 e. The van der Waals surface area contributed by atoms with Gasteiger partial charge in [0.1, 0.15) is 11.2 Å². The summed E-state index contributed by atoms with van der Waals surface area (Å²) in [5, 5.41) is 5.47. The lowest BCUT2D eigenvalue weighted by molar-refractivity contribution is 0.710. The predicted octanol–water partition coefficient (Wildman–Crippen LogP) is 3.59. The second-order valence-electron chi connectivity index (χ2n) is 5.77. The van der Waals surface area contributed by atoms with E-state index in [9.17, 15) is 4.79 Å². The maximum Gasteiger partial charge on any atom is 0.264 e. The van der Waals surface area contributed by atoms with Gasteiger partial charge in [0, 0.05) is 5.02 Å². The second kappa shape index (κ2) is 6.18. The van der Waals surface area contributed by atoms with Gasteiger partial charge in [0.2, 0.25) is 0 Å². The number of nitrogens with zero attached hydrogens (tertiary/aromatic N) is 4. The summed E-state index contributed by atoms with van der Waals surface area (Å²) >= 11 is 6.23. The van der Waals surface area contributed by atoms with Crippen molar-refractivity contribution in [2.24, 2.45) is 0 Å². The monoisotopic (exact) mass is 350 g/mol. The fourth-order valence-corrected chi connectivity index (χ4v) is 3.04. The lowest BCUT2D eigenvalue weighted by atomic mass is 10.2. The number of aromatic nitrogens is 4. The quantitative estimate of drug-likeness (QED) is 0.567. The van der Waals surface area contributed by atoms with Gasteiger partial charge < -0.3 is 0 Å². The molecular formula is C19H15ClN4O. The Bertz CT molecular complexity index is 1120. The Morgan fingerprint density at radius 3 is 2.52 bits per heavy atom. The molecule has 0 aliphatic rings.